The highest BCUT2D eigenvalue weighted by atomic mass is 32.1. The van der Waals surface area contributed by atoms with Crippen molar-refractivity contribution in [3.8, 4) is 0 Å². The molecule has 1 aromatic carbocycles. The Morgan fingerprint density at radius 2 is 2.16 bits per heavy atom. The topological polar surface area (TPSA) is 42.0 Å². The van der Waals surface area contributed by atoms with Crippen LogP contribution in [0.3, 0.4) is 0 Å². The van der Waals surface area contributed by atoms with Crippen LogP contribution in [0.1, 0.15) is 29.7 Å². The lowest BCUT2D eigenvalue weighted by atomic mass is 9.88. The third-order valence-corrected chi connectivity index (χ3v) is 7.08. The van der Waals surface area contributed by atoms with Crippen LogP contribution in [-0.2, 0) is 11.2 Å². The zero-order valence-corrected chi connectivity index (χ0v) is 14.6. The number of anilines is 1. The van der Waals surface area contributed by atoms with Crippen LogP contribution in [0, 0.1) is 29.0 Å². The Hall–Kier alpha value is -2.01. The Kier molecular flexibility index (Phi) is 3.35. The van der Waals surface area contributed by atoms with Crippen molar-refractivity contribution < 1.29 is 9.18 Å². The summed E-state index contributed by atoms with van der Waals surface area (Å²) in [6, 6.07) is 6.77. The lowest BCUT2D eigenvalue weighted by Crippen LogP contribution is -2.27. The van der Waals surface area contributed by atoms with E-state index >= 15 is 0 Å². The van der Waals surface area contributed by atoms with Gasteiger partial charge in [-0.1, -0.05) is 30.4 Å². The number of hydrogen-bond acceptors (Lipinski definition) is 3. The van der Waals surface area contributed by atoms with E-state index in [1.54, 1.807) is 18.3 Å². The minimum Gasteiger partial charge on any atom is -0.302 e. The molecule has 1 aromatic heterocycles. The SMILES string of the molecule is O=C(Nc1ncc(Cc2ccccc2F)s1)C1CC2C=CC1C21CC1. The Morgan fingerprint density at radius 1 is 1.32 bits per heavy atom. The minimum atomic E-state index is -0.204. The molecule has 0 saturated heterocycles. The van der Waals surface area contributed by atoms with Crippen molar-refractivity contribution in [1.82, 2.24) is 4.98 Å². The van der Waals surface area contributed by atoms with Crippen LogP contribution in [0.15, 0.2) is 42.6 Å². The second-order valence-corrected chi connectivity index (χ2v) is 8.60. The molecule has 5 rings (SSSR count). The largest absolute Gasteiger partial charge is 0.302 e. The molecule has 2 aromatic rings. The van der Waals surface area contributed by atoms with Gasteiger partial charge in [0.1, 0.15) is 5.82 Å². The second-order valence-electron chi connectivity index (χ2n) is 7.48. The first kappa shape index (κ1) is 15.3. The predicted molar refractivity (Wildman–Crippen MR) is 95.8 cm³/mol. The molecule has 3 aliphatic rings. The first-order valence-corrected chi connectivity index (χ1v) is 9.65. The van der Waals surface area contributed by atoms with E-state index in [0.29, 0.717) is 34.4 Å². The molecule has 1 amide bonds. The number of nitrogens with zero attached hydrogens (tertiary/aromatic N) is 1. The minimum absolute atomic E-state index is 0.0800. The highest BCUT2D eigenvalue weighted by Gasteiger charge is 2.64. The summed E-state index contributed by atoms with van der Waals surface area (Å²) in [5.74, 6) is 0.979. The van der Waals surface area contributed by atoms with Gasteiger partial charge in [-0.15, -0.1) is 11.3 Å². The zero-order valence-electron chi connectivity index (χ0n) is 13.7. The first-order valence-electron chi connectivity index (χ1n) is 8.83. The van der Waals surface area contributed by atoms with Crippen molar-refractivity contribution in [3.05, 3.63) is 58.9 Å². The number of allylic oxidation sites excluding steroid dienone is 2. The van der Waals surface area contributed by atoms with Crippen molar-refractivity contribution in [2.24, 2.45) is 23.2 Å². The number of hydrogen-bond donors (Lipinski definition) is 1. The summed E-state index contributed by atoms with van der Waals surface area (Å²) in [6.07, 6.45) is 10.3. The summed E-state index contributed by atoms with van der Waals surface area (Å²) in [5.41, 5.74) is 1.07. The average Bonchev–Trinajstić information content (AvgIpc) is 3.07. The maximum Gasteiger partial charge on any atom is 0.229 e. The maximum absolute atomic E-state index is 13.8. The number of carbonyl (C=O) groups is 1. The smallest absolute Gasteiger partial charge is 0.229 e. The van der Waals surface area contributed by atoms with E-state index in [4.69, 9.17) is 0 Å². The fraction of sp³-hybridized carbons (Fsp3) is 0.400. The Morgan fingerprint density at radius 3 is 2.92 bits per heavy atom. The van der Waals surface area contributed by atoms with Crippen LogP contribution in [0.4, 0.5) is 9.52 Å². The molecule has 25 heavy (non-hydrogen) atoms. The van der Waals surface area contributed by atoms with Crippen molar-refractivity contribution in [2.45, 2.75) is 25.7 Å². The number of aromatic nitrogens is 1. The standard InChI is InChI=1S/C20H19FN2OS/c21-17-4-2-1-3-12(17)9-14-11-22-19(25-14)23-18(24)15-10-13-5-6-16(15)20(13)7-8-20/h1-6,11,13,15-16H,7-10H2,(H,22,23,24). The number of rotatable bonds is 4. The Bertz CT molecular complexity index is 870. The van der Waals surface area contributed by atoms with E-state index in [0.717, 1.165) is 11.3 Å². The normalized spacial score (nSPS) is 27.8. The van der Waals surface area contributed by atoms with E-state index in [2.05, 4.69) is 22.5 Å². The van der Waals surface area contributed by atoms with Gasteiger partial charge < -0.3 is 5.32 Å². The summed E-state index contributed by atoms with van der Waals surface area (Å²) >= 11 is 1.43. The number of thiazole rings is 1. The molecule has 2 fully saturated rings. The molecule has 3 atom stereocenters. The van der Waals surface area contributed by atoms with Crippen LogP contribution >= 0.6 is 11.3 Å². The highest BCUT2D eigenvalue weighted by molar-refractivity contribution is 7.15. The number of halogens is 1. The predicted octanol–water partition coefficient (Wildman–Crippen LogP) is 4.41. The molecule has 1 N–H and O–H groups in total. The van der Waals surface area contributed by atoms with Gasteiger partial charge in [0.25, 0.3) is 0 Å². The van der Waals surface area contributed by atoms with Crippen LogP contribution < -0.4 is 5.32 Å². The zero-order chi connectivity index (χ0) is 17.0. The lowest BCUT2D eigenvalue weighted by Gasteiger charge is -2.18. The highest BCUT2D eigenvalue weighted by Crippen LogP contribution is 2.70. The number of benzene rings is 1. The van der Waals surface area contributed by atoms with E-state index in [1.807, 2.05) is 6.07 Å². The van der Waals surface area contributed by atoms with Gasteiger partial charge in [-0.25, -0.2) is 9.37 Å². The van der Waals surface area contributed by atoms with Crippen molar-refractivity contribution >= 4 is 22.4 Å². The molecule has 2 saturated carbocycles. The van der Waals surface area contributed by atoms with E-state index in [-0.39, 0.29) is 17.6 Å². The van der Waals surface area contributed by atoms with Gasteiger partial charge in [0.15, 0.2) is 5.13 Å². The summed E-state index contributed by atoms with van der Waals surface area (Å²) in [6.45, 7) is 0. The third-order valence-electron chi connectivity index (χ3n) is 6.16. The molecule has 3 aliphatic carbocycles. The van der Waals surface area contributed by atoms with E-state index in [9.17, 15) is 9.18 Å². The summed E-state index contributed by atoms with van der Waals surface area (Å²) < 4.78 is 13.8. The molecule has 1 spiro atoms. The molecule has 0 aliphatic heterocycles. The third kappa shape index (κ3) is 2.44. The Balaban J connectivity index is 1.26. The van der Waals surface area contributed by atoms with Crippen LogP contribution in [0.25, 0.3) is 0 Å². The Labute approximate surface area is 150 Å². The summed E-state index contributed by atoms with van der Waals surface area (Å²) in [5, 5.41) is 3.61. The molecule has 128 valence electrons. The van der Waals surface area contributed by atoms with Crippen LogP contribution in [0.2, 0.25) is 0 Å². The molecule has 0 radical (unpaired) electrons. The fourth-order valence-electron chi connectivity index (χ4n) is 4.75. The summed E-state index contributed by atoms with van der Waals surface area (Å²) in [4.78, 5) is 18.0. The van der Waals surface area contributed by atoms with Crippen molar-refractivity contribution in [3.63, 3.8) is 0 Å². The second kappa shape index (κ2) is 5.49. The number of nitrogens with one attached hydrogen (secondary N) is 1. The van der Waals surface area contributed by atoms with Gasteiger partial charge in [-0.05, 0) is 48.1 Å². The quantitative estimate of drug-likeness (QED) is 0.826. The molecule has 2 bridgehead atoms. The molecular weight excluding hydrogens is 335 g/mol. The van der Waals surface area contributed by atoms with Crippen LogP contribution in [0.5, 0.6) is 0 Å². The molecular formula is C20H19FN2OS. The summed E-state index contributed by atoms with van der Waals surface area (Å²) in [7, 11) is 0. The van der Waals surface area contributed by atoms with E-state index in [1.165, 1.54) is 30.2 Å². The van der Waals surface area contributed by atoms with E-state index < -0.39 is 0 Å². The molecule has 5 heteroatoms. The molecule has 3 unspecified atom stereocenters. The average molecular weight is 354 g/mol. The van der Waals surface area contributed by atoms with Gasteiger partial charge >= 0.3 is 0 Å². The van der Waals surface area contributed by atoms with Crippen molar-refractivity contribution in [2.75, 3.05) is 5.32 Å². The van der Waals surface area contributed by atoms with Gasteiger partial charge in [0.05, 0.1) is 0 Å². The molecule has 1 heterocycles. The van der Waals surface area contributed by atoms with Crippen molar-refractivity contribution in [1.29, 1.82) is 0 Å². The van der Waals surface area contributed by atoms with Gasteiger partial charge in [-0.3, -0.25) is 4.79 Å². The van der Waals surface area contributed by atoms with Gasteiger partial charge in [-0.2, -0.15) is 0 Å². The van der Waals surface area contributed by atoms with Gasteiger partial charge in [0, 0.05) is 23.4 Å². The number of carbonyl (C=O) groups excluding carboxylic acids is 1. The first-order chi connectivity index (χ1) is 12.2. The lowest BCUT2D eigenvalue weighted by molar-refractivity contribution is -0.120. The number of amides is 1. The fourth-order valence-corrected chi connectivity index (χ4v) is 5.58. The molecule has 3 nitrogen and oxygen atoms in total. The van der Waals surface area contributed by atoms with Gasteiger partial charge in [0.2, 0.25) is 5.91 Å². The monoisotopic (exact) mass is 354 g/mol. The van der Waals surface area contributed by atoms with Crippen LogP contribution in [-0.4, -0.2) is 10.9 Å². The maximum atomic E-state index is 13.8.